The highest BCUT2D eigenvalue weighted by molar-refractivity contribution is 6.01. The lowest BCUT2D eigenvalue weighted by Gasteiger charge is -2.43. The first-order valence-corrected chi connectivity index (χ1v) is 10.5. The summed E-state index contributed by atoms with van der Waals surface area (Å²) in [6.45, 7) is 1.02. The second-order valence-corrected chi connectivity index (χ2v) is 8.33. The molecule has 4 rings (SSSR count). The number of aliphatic carboxylic acids is 1. The number of rotatable bonds is 7. The Hall–Kier alpha value is -2.68. The van der Waals surface area contributed by atoms with Crippen molar-refractivity contribution < 1.29 is 24.5 Å². The average molecular weight is 428 g/mol. The van der Waals surface area contributed by atoms with Crippen molar-refractivity contribution in [3.63, 3.8) is 0 Å². The van der Waals surface area contributed by atoms with E-state index in [-0.39, 0.29) is 37.0 Å². The molecule has 0 saturated heterocycles. The number of aryl methyl sites for hydroxylation is 1. The van der Waals surface area contributed by atoms with Gasteiger partial charge in [-0.1, -0.05) is 18.2 Å². The molecule has 8 nitrogen and oxygen atoms in total. The summed E-state index contributed by atoms with van der Waals surface area (Å²) < 4.78 is 7.92. The molecule has 8 heteroatoms. The van der Waals surface area contributed by atoms with Gasteiger partial charge in [-0.2, -0.15) is 0 Å². The number of nitrogens with one attached hydrogen (secondary N) is 1. The fourth-order valence-corrected chi connectivity index (χ4v) is 5.13. The van der Waals surface area contributed by atoms with Gasteiger partial charge in [0, 0.05) is 56.0 Å². The summed E-state index contributed by atoms with van der Waals surface area (Å²) in [6, 6.07) is 5.90. The van der Waals surface area contributed by atoms with Crippen LogP contribution in [0.4, 0.5) is 0 Å². The van der Waals surface area contributed by atoms with Gasteiger partial charge < -0.3 is 24.8 Å². The summed E-state index contributed by atoms with van der Waals surface area (Å²) in [7, 11) is 5.52. The van der Waals surface area contributed by atoms with Crippen LogP contribution in [0.2, 0.25) is 0 Å². The van der Waals surface area contributed by atoms with Crippen LogP contribution in [0, 0.1) is 5.92 Å². The maximum absolute atomic E-state index is 12.7. The van der Waals surface area contributed by atoms with E-state index in [4.69, 9.17) is 9.84 Å². The predicted molar refractivity (Wildman–Crippen MR) is 117 cm³/mol. The third-order valence-corrected chi connectivity index (χ3v) is 6.47. The van der Waals surface area contributed by atoms with Crippen molar-refractivity contribution in [2.45, 2.75) is 25.0 Å². The van der Waals surface area contributed by atoms with Gasteiger partial charge in [-0.25, -0.2) is 0 Å². The molecule has 1 aromatic heterocycles. The average Bonchev–Trinajstić information content (AvgIpc) is 3.01. The van der Waals surface area contributed by atoms with Crippen molar-refractivity contribution in [2.24, 2.45) is 13.0 Å². The Bertz CT molecular complexity index is 1060. The number of hydrogen-bond acceptors (Lipinski definition) is 5. The molecule has 2 aromatic rings. The zero-order valence-electron chi connectivity index (χ0n) is 18.1. The number of aliphatic hydroxyl groups is 1. The van der Waals surface area contributed by atoms with Gasteiger partial charge in [-0.05, 0) is 30.7 Å². The molecule has 2 aliphatic rings. The summed E-state index contributed by atoms with van der Waals surface area (Å²) in [6.07, 6.45) is 2.15. The van der Waals surface area contributed by atoms with E-state index in [1.807, 2.05) is 42.9 Å². The molecule has 0 saturated carbocycles. The lowest BCUT2D eigenvalue weighted by Crippen LogP contribution is -2.48. The number of likely N-dealkylation sites (N-methyl/N-ethyl adjacent to an activating group) is 1. The van der Waals surface area contributed by atoms with Gasteiger partial charge in [0.05, 0.1) is 18.4 Å². The third kappa shape index (κ3) is 3.54. The molecule has 3 N–H and O–H groups in total. The van der Waals surface area contributed by atoms with Gasteiger partial charge in [0.25, 0.3) is 0 Å². The maximum Gasteiger partial charge on any atom is 0.309 e. The van der Waals surface area contributed by atoms with Crippen molar-refractivity contribution in [2.75, 3.05) is 33.9 Å². The van der Waals surface area contributed by atoms with Crippen LogP contribution in [0.3, 0.4) is 0 Å². The lowest BCUT2D eigenvalue weighted by atomic mass is 9.77. The third-order valence-electron chi connectivity index (χ3n) is 6.47. The summed E-state index contributed by atoms with van der Waals surface area (Å²) in [4.78, 5) is 26.5. The van der Waals surface area contributed by atoms with Crippen LogP contribution in [-0.4, -0.2) is 71.5 Å². The number of hydrogen-bond donors (Lipinski definition) is 3. The molecule has 1 unspecified atom stereocenters. The molecular weight excluding hydrogens is 398 g/mol. The Morgan fingerprint density at radius 1 is 1.29 bits per heavy atom. The number of nitrogens with zero attached hydrogens (tertiary/aromatic N) is 2. The number of amides is 1. The van der Waals surface area contributed by atoms with E-state index < -0.39 is 5.97 Å². The van der Waals surface area contributed by atoms with Crippen molar-refractivity contribution in [1.29, 1.82) is 0 Å². The number of carbonyl (C=O) groups is 2. The predicted octanol–water partition coefficient (Wildman–Crippen LogP) is 1.32. The van der Waals surface area contributed by atoms with Gasteiger partial charge in [0.1, 0.15) is 6.10 Å². The monoisotopic (exact) mass is 427 g/mol. The SMILES string of the molecule is COC1c2c(CC(=O)O)n(C)c3cccc(c23)C2=C[C@@H](C(=O)NCCCO)CN(C)[C@@H]21. The Labute approximate surface area is 181 Å². The molecule has 0 radical (unpaired) electrons. The Balaban J connectivity index is 1.86. The standard InChI is InChI=1S/C23H29N3O5/c1-25-12-13(23(30)24-8-5-9-27)10-15-14-6-4-7-16-19(14)20(22(31-3)21(15)25)17(26(16)2)11-18(28)29/h4,6-7,10,13,21-22,27H,5,8-9,11-12H2,1-3H3,(H,24,30)(H,28,29)/t13-,21+,22?/m1/s1. The molecule has 166 valence electrons. The summed E-state index contributed by atoms with van der Waals surface area (Å²) >= 11 is 0. The summed E-state index contributed by atoms with van der Waals surface area (Å²) in [5.41, 5.74) is 4.70. The minimum Gasteiger partial charge on any atom is -0.481 e. The van der Waals surface area contributed by atoms with Crippen LogP contribution in [0.1, 0.15) is 29.3 Å². The fourth-order valence-electron chi connectivity index (χ4n) is 5.13. The number of carboxylic acid groups (broad SMARTS) is 1. The van der Waals surface area contributed by atoms with E-state index in [1.54, 1.807) is 7.11 Å². The number of aromatic nitrogens is 1. The highest BCUT2D eigenvalue weighted by Crippen LogP contribution is 2.49. The van der Waals surface area contributed by atoms with Crippen molar-refractivity contribution in [3.8, 4) is 0 Å². The first-order chi connectivity index (χ1) is 14.9. The number of carboxylic acids is 1. The number of ether oxygens (including phenoxy) is 1. The number of fused-ring (bicyclic) bond motifs is 2. The van der Waals surface area contributed by atoms with Crippen LogP contribution < -0.4 is 5.32 Å². The van der Waals surface area contributed by atoms with E-state index in [9.17, 15) is 14.7 Å². The molecule has 0 fully saturated rings. The largest absolute Gasteiger partial charge is 0.481 e. The smallest absolute Gasteiger partial charge is 0.309 e. The minimum atomic E-state index is -0.878. The normalized spacial score (nSPS) is 22.8. The molecule has 31 heavy (non-hydrogen) atoms. The van der Waals surface area contributed by atoms with Gasteiger partial charge in [-0.3, -0.25) is 14.5 Å². The van der Waals surface area contributed by atoms with Crippen LogP contribution in [0.5, 0.6) is 0 Å². The van der Waals surface area contributed by atoms with Crippen LogP contribution in [-0.2, 0) is 27.8 Å². The highest BCUT2D eigenvalue weighted by Gasteiger charge is 2.43. The Kier molecular flexibility index (Phi) is 5.88. The minimum absolute atomic E-state index is 0.0426. The first kappa shape index (κ1) is 21.5. The van der Waals surface area contributed by atoms with E-state index in [0.717, 1.165) is 33.3 Å². The van der Waals surface area contributed by atoms with Gasteiger partial charge >= 0.3 is 5.97 Å². The molecule has 0 bridgehead atoms. The van der Waals surface area contributed by atoms with Crippen LogP contribution in [0.25, 0.3) is 16.5 Å². The van der Waals surface area contributed by atoms with Crippen LogP contribution in [0.15, 0.2) is 24.3 Å². The molecule has 1 aliphatic heterocycles. The molecule has 0 spiro atoms. The summed E-state index contributed by atoms with van der Waals surface area (Å²) in [5, 5.41) is 22.4. The van der Waals surface area contributed by atoms with E-state index in [1.165, 1.54) is 0 Å². The fraction of sp³-hybridized carbons (Fsp3) is 0.478. The van der Waals surface area contributed by atoms with Crippen molar-refractivity contribution in [3.05, 3.63) is 41.1 Å². The van der Waals surface area contributed by atoms with Crippen molar-refractivity contribution in [1.82, 2.24) is 14.8 Å². The molecular formula is C23H29N3O5. The van der Waals surface area contributed by atoms with Gasteiger partial charge in [0.15, 0.2) is 0 Å². The molecule has 3 atom stereocenters. The zero-order chi connectivity index (χ0) is 22.3. The Morgan fingerprint density at radius 3 is 2.74 bits per heavy atom. The number of benzene rings is 1. The number of aliphatic hydroxyl groups excluding tert-OH is 1. The highest BCUT2D eigenvalue weighted by atomic mass is 16.5. The number of carbonyl (C=O) groups excluding carboxylic acids is 1. The maximum atomic E-state index is 12.7. The Morgan fingerprint density at radius 2 is 2.06 bits per heavy atom. The second kappa shape index (κ2) is 8.45. The zero-order valence-corrected chi connectivity index (χ0v) is 18.1. The molecule has 1 aromatic carbocycles. The quantitative estimate of drug-likeness (QED) is 0.576. The lowest BCUT2D eigenvalue weighted by molar-refractivity contribution is -0.136. The van der Waals surface area contributed by atoms with E-state index in [2.05, 4.69) is 10.2 Å². The number of methoxy groups -OCH3 is 1. The van der Waals surface area contributed by atoms with Gasteiger partial charge in [-0.15, -0.1) is 0 Å². The van der Waals surface area contributed by atoms with Gasteiger partial charge in [0.2, 0.25) is 5.91 Å². The second-order valence-electron chi connectivity index (χ2n) is 8.33. The molecule has 1 aliphatic carbocycles. The van der Waals surface area contributed by atoms with E-state index in [0.29, 0.717) is 19.5 Å². The van der Waals surface area contributed by atoms with Crippen LogP contribution >= 0.6 is 0 Å². The van der Waals surface area contributed by atoms with E-state index >= 15 is 0 Å². The topological polar surface area (TPSA) is 104 Å². The molecule has 2 heterocycles. The van der Waals surface area contributed by atoms with Crippen molar-refractivity contribution >= 4 is 28.4 Å². The molecule has 1 amide bonds. The summed E-state index contributed by atoms with van der Waals surface area (Å²) in [5.74, 6) is -1.25. The first-order valence-electron chi connectivity index (χ1n) is 10.5.